The molecule has 0 saturated heterocycles. The molecule has 7 heteroatoms. The van der Waals surface area contributed by atoms with Gasteiger partial charge in [-0.2, -0.15) is 5.10 Å². The predicted molar refractivity (Wildman–Crippen MR) is 78.9 cm³/mol. The van der Waals surface area contributed by atoms with Gasteiger partial charge in [0.1, 0.15) is 17.9 Å². The maximum atomic E-state index is 11.4. The molecule has 20 heavy (non-hydrogen) atoms. The van der Waals surface area contributed by atoms with E-state index < -0.39 is 0 Å². The highest BCUT2D eigenvalue weighted by Crippen LogP contribution is 2.23. The first-order valence-corrected chi connectivity index (χ1v) is 7.06. The fraction of sp³-hybridized carbons (Fsp3) is 0.154. The number of ether oxygens (including phenoxy) is 1. The molecule has 0 aliphatic carbocycles. The van der Waals surface area contributed by atoms with Crippen LogP contribution >= 0.6 is 23.6 Å². The lowest BCUT2D eigenvalue weighted by molar-refractivity contribution is 0.304. The summed E-state index contributed by atoms with van der Waals surface area (Å²) in [5.41, 5.74) is 1.03. The van der Waals surface area contributed by atoms with Crippen LogP contribution in [0, 0.1) is 10.9 Å². The predicted octanol–water partition coefficient (Wildman–Crippen LogP) is 3.19. The highest BCUT2D eigenvalue weighted by molar-refractivity contribution is 7.73. The molecule has 3 rings (SSSR count). The summed E-state index contributed by atoms with van der Waals surface area (Å²) in [7, 11) is 0. The summed E-state index contributed by atoms with van der Waals surface area (Å²) in [5.74, 6) is 0.618. The van der Waals surface area contributed by atoms with Gasteiger partial charge in [0, 0.05) is 17.5 Å². The Hall–Kier alpha value is -1.99. The standard InChI is InChI=1S/C13H10N2O3S2/c1-7-4-12(16)18-10-5-8(2-3-9(7)10)17-6-11-14-15-13(19)20-11/h2-5H,6H2,1H3,(H,15,19). The number of aromatic nitrogens is 2. The molecule has 0 amide bonds. The van der Waals surface area contributed by atoms with Gasteiger partial charge < -0.3 is 9.15 Å². The Morgan fingerprint density at radius 3 is 3.05 bits per heavy atom. The van der Waals surface area contributed by atoms with E-state index in [1.54, 1.807) is 6.07 Å². The molecule has 2 aromatic heterocycles. The third kappa shape index (κ3) is 2.63. The molecule has 0 spiro atoms. The number of fused-ring (bicyclic) bond motifs is 1. The number of benzene rings is 1. The van der Waals surface area contributed by atoms with E-state index in [1.165, 1.54) is 17.4 Å². The second kappa shape index (κ2) is 5.18. The van der Waals surface area contributed by atoms with Crippen molar-refractivity contribution in [1.29, 1.82) is 0 Å². The highest BCUT2D eigenvalue weighted by Gasteiger charge is 2.05. The maximum Gasteiger partial charge on any atom is 0.336 e. The largest absolute Gasteiger partial charge is 0.486 e. The highest BCUT2D eigenvalue weighted by atomic mass is 32.1. The second-order valence-corrected chi connectivity index (χ2v) is 5.95. The number of H-pyrrole nitrogens is 1. The minimum atomic E-state index is -0.363. The molecule has 1 N–H and O–H groups in total. The summed E-state index contributed by atoms with van der Waals surface area (Å²) in [6.45, 7) is 2.19. The molecule has 1 aromatic carbocycles. The van der Waals surface area contributed by atoms with Gasteiger partial charge in [0.2, 0.25) is 0 Å². The van der Waals surface area contributed by atoms with E-state index in [0.717, 1.165) is 16.0 Å². The number of nitrogens with zero attached hydrogens (tertiary/aromatic N) is 1. The molecule has 5 nitrogen and oxygen atoms in total. The second-order valence-electron chi connectivity index (χ2n) is 4.20. The summed E-state index contributed by atoms with van der Waals surface area (Å²) >= 11 is 6.32. The zero-order chi connectivity index (χ0) is 14.1. The van der Waals surface area contributed by atoms with Gasteiger partial charge in [-0.1, -0.05) is 11.3 Å². The molecule has 0 aliphatic rings. The average molecular weight is 306 g/mol. The van der Waals surface area contributed by atoms with Crippen LogP contribution in [0.5, 0.6) is 5.75 Å². The van der Waals surface area contributed by atoms with Gasteiger partial charge in [-0.25, -0.2) is 4.79 Å². The Kier molecular flexibility index (Phi) is 3.37. The lowest BCUT2D eigenvalue weighted by Crippen LogP contribution is -1.99. The van der Waals surface area contributed by atoms with Gasteiger partial charge in [-0.05, 0) is 36.8 Å². The molecule has 2 heterocycles. The van der Waals surface area contributed by atoms with Crippen LogP contribution in [0.4, 0.5) is 0 Å². The molecule has 0 saturated carbocycles. The van der Waals surface area contributed by atoms with E-state index >= 15 is 0 Å². The van der Waals surface area contributed by atoms with Crippen molar-refractivity contribution in [2.24, 2.45) is 0 Å². The third-order valence-electron chi connectivity index (χ3n) is 2.77. The quantitative estimate of drug-likeness (QED) is 0.594. The Labute approximate surface area is 122 Å². The molecule has 0 aliphatic heterocycles. The zero-order valence-corrected chi connectivity index (χ0v) is 12.1. The minimum absolute atomic E-state index is 0.319. The topological polar surface area (TPSA) is 68.1 Å². The van der Waals surface area contributed by atoms with Crippen molar-refractivity contribution in [3.63, 3.8) is 0 Å². The zero-order valence-electron chi connectivity index (χ0n) is 10.5. The van der Waals surface area contributed by atoms with Crippen LogP contribution in [0.15, 0.2) is 33.5 Å². The number of aromatic amines is 1. The van der Waals surface area contributed by atoms with Crippen LogP contribution in [-0.4, -0.2) is 10.2 Å². The first kappa shape index (κ1) is 13.0. The summed E-state index contributed by atoms with van der Waals surface area (Å²) in [4.78, 5) is 11.4. The molecular formula is C13H10N2O3S2. The number of nitrogens with one attached hydrogen (secondary N) is 1. The SMILES string of the molecule is Cc1cc(=O)oc2cc(OCc3n[nH]c(=S)s3)ccc12. The summed E-state index contributed by atoms with van der Waals surface area (Å²) in [5, 5.41) is 8.37. The van der Waals surface area contributed by atoms with E-state index in [0.29, 0.717) is 21.9 Å². The molecule has 0 bridgehead atoms. The molecule has 102 valence electrons. The van der Waals surface area contributed by atoms with Crippen molar-refractivity contribution < 1.29 is 9.15 Å². The van der Waals surface area contributed by atoms with Gasteiger partial charge >= 0.3 is 5.63 Å². The van der Waals surface area contributed by atoms with Crippen molar-refractivity contribution in [2.75, 3.05) is 0 Å². The van der Waals surface area contributed by atoms with Crippen LogP contribution in [0.25, 0.3) is 11.0 Å². The number of aryl methyl sites for hydroxylation is 1. The summed E-state index contributed by atoms with van der Waals surface area (Å²) < 4.78 is 11.4. The van der Waals surface area contributed by atoms with E-state index in [1.807, 2.05) is 19.1 Å². The number of hydrogen-bond donors (Lipinski definition) is 1. The van der Waals surface area contributed by atoms with Gasteiger partial charge in [-0.3, -0.25) is 5.10 Å². The van der Waals surface area contributed by atoms with Crippen molar-refractivity contribution >= 4 is 34.5 Å². The number of hydrogen-bond acceptors (Lipinski definition) is 6. The Balaban J connectivity index is 1.89. The van der Waals surface area contributed by atoms with Gasteiger partial charge in [0.05, 0.1) is 0 Å². The fourth-order valence-corrected chi connectivity index (χ4v) is 2.71. The minimum Gasteiger partial charge on any atom is -0.486 e. The lowest BCUT2D eigenvalue weighted by Gasteiger charge is -2.05. The van der Waals surface area contributed by atoms with Crippen LogP contribution in [-0.2, 0) is 6.61 Å². The molecule has 0 radical (unpaired) electrons. The van der Waals surface area contributed by atoms with E-state index in [4.69, 9.17) is 21.4 Å². The van der Waals surface area contributed by atoms with Crippen molar-refractivity contribution in [3.05, 3.63) is 49.2 Å². The van der Waals surface area contributed by atoms with Crippen molar-refractivity contribution in [3.8, 4) is 5.75 Å². The molecule has 0 unspecified atom stereocenters. The molecule has 3 aromatic rings. The molecule has 0 fully saturated rings. The third-order valence-corrected chi connectivity index (χ3v) is 3.83. The van der Waals surface area contributed by atoms with Gasteiger partial charge in [0.15, 0.2) is 8.96 Å². The smallest absolute Gasteiger partial charge is 0.336 e. The molecule has 0 atom stereocenters. The normalized spacial score (nSPS) is 10.8. The summed E-state index contributed by atoms with van der Waals surface area (Å²) in [6.07, 6.45) is 0. The lowest BCUT2D eigenvalue weighted by atomic mass is 10.1. The van der Waals surface area contributed by atoms with Crippen molar-refractivity contribution in [2.45, 2.75) is 13.5 Å². The maximum absolute atomic E-state index is 11.4. The van der Waals surface area contributed by atoms with Crippen LogP contribution in [0.1, 0.15) is 10.6 Å². The van der Waals surface area contributed by atoms with Crippen LogP contribution < -0.4 is 10.4 Å². The van der Waals surface area contributed by atoms with E-state index in [-0.39, 0.29) is 5.63 Å². The first-order valence-electron chi connectivity index (χ1n) is 5.83. The van der Waals surface area contributed by atoms with E-state index in [9.17, 15) is 4.79 Å². The number of rotatable bonds is 3. The Morgan fingerprint density at radius 1 is 1.45 bits per heavy atom. The van der Waals surface area contributed by atoms with Crippen LogP contribution in [0.3, 0.4) is 0 Å². The monoisotopic (exact) mass is 306 g/mol. The van der Waals surface area contributed by atoms with Crippen LogP contribution in [0.2, 0.25) is 0 Å². The average Bonchev–Trinajstić information content (AvgIpc) is 2.81. The molecular weight excluding hydrogens is 296 g/mol. The Morgan fingerprint density at radius 2 is 2.30 bits per heavy atom. The van der Waals surface area contributed by atoms with Gasteiger partial charge in [-0.15, -0.1) is 0 Å². The summed E-state index contributed by atoms with van der Waals surface area (Å²) in [6, 6.07) is 6.88. The van der Waals surface area contributed by atoms with Crippen molar-refractivity contribution in [1.82, 2.24) is 10.2 Å². The first-order chi connectivity index (χ1) is 9.61. The van der Waals surface area contributed by atoms with Gasteiger partial charge in [0.25, 0.3) is 0 Å². The Bertz CT molecular complexity index is 879. The fourth-order valence-electron chi connectivity index (χ4n) is 1.86. The van der Waals surface area contributed by atoms with E-state index in [2.05, 4.69) is 10.2 Å².